The lowest BCUT2D eigenvalue weighted by atomic mass is 9.93. The second kappa shape index (κ2) is 9.71. The Morgan fingerprint density at radius 3 is 2.38 bits per heavy atom. The lowest BCUT2D eigenvalue weighted by Crippen LogP contribution is -2.43. The Kier molecular flexibility index (Phi) is 6.81. The molecule has 0 spiro atoms. The van der Waals surface area contributed by atoms with Gasteiger partial charge in [-0.2, -0.15) is 0 Å². The van der Waals surface area contributed by atoms with Crippen LogP contribution in [0, 0.1) is 0 Å². The molecule has 2 fully saturated rings. The SMILES string of the molecule is C=CCCc1nc2ccccc2n(C2CCN(C3CCCCCCC3)CC2)c1=O. The van der Waals surface area contributed by atoms with Gasteiger partial charge in [-0.3, -0.25) is 4.79 Å². The van der Waals surface area contributed by atoms with Gasteiger partial charge in [0.2, 0.25) is 0 Å². The monoisotopic (exact) mass is 393 g/mol. The zero-order chi connectivity index (χ0) is 20.1. The van der Waals surface area contributed by atoms with E-state index in [1.807, 2.05) is 24.3 Å². The summed E-state index contributed by atoms with van der Waals surface area (Å²) in [6.07, 6.45) is 15.2. The third-order valence-electron chi connectivity index (χ3n) is 6.90. The van der Waals surface area contributed by atoms with E-state index in [-0.39, 0.29) is 11.6 Å². The summed E-state index contributed by atoms with van der Waals surface area (Å²) < 4.78 is 2.07. The van der Waals surface area contributed by atoms with Gasteiger partial charge in [0.15, 0.2) is 0 Å². The number of fused-ring (bicyclic) bond motifs is 1. The summed E-state index contributed by atoms with van der Waals surface area (Å²) in [5.41, 5.74) is 2.72. The van der Waals surface area contributed by atoms with Gasteiger partial charge in [0.05, 0.1) is 11.0 Å². The first kappa shape index (κ1) is 20.3. The van der Waals surface area contributed by atoms with Gasteiger partial charge in [-0.1, -0.05) is 50.3 Å². The van der Waals surface area contributed by atoms with Crippen molar-refractivity contribution < 1.29 is 0 Å². The van der Waals surface area contributed by atoms with Gasteiger partial charge in [0.1, 0.15) is 5.69 Å². The Labute approximate surface area is 174 Å². The highest BCUT2D eigenvalue weighted by atomic mass is 16.1. The molecule has 1 aliphatic carbocycles. The lowest BCUT2D eigenvalue weighted by Gasteiger charge is -2.39. The van der Waals surface area contributed by atoms with Crippen molar-refractivity contribution in [2.24, 2.45) is 0 Å². The number of hydrogen-bond donors (Lipinski definition) is 0. The number of allylic oxidation sites excluding steroid dienone is 1. The van der Waals surface area contributed by atoms with Crippen LogP contribution < -0.4 is 5.56 Å². The summed E-state index contributed by atoms with van der Waals surface area (Å²) in [5.74, 6) is 0. The third-order valence-corrected chi connectivity index (χ3v) is 6.90. The summed E-state index contributed by atoms with van der Waals surface area (Å²) in [5, 5.41) is 0. The summed E-state index contributed by atoms with van der Waals surface area (Å²) >= 11 is 0. The number of aryl methyl sites for hydroxylation is 1. The minimum Gasteiger partial charge on any atom is -0.302 e. The van der Waals surface area contributed by atoms with Crippen LogP contribution in [0.2, 0.25) is 0 Å². The first-order chi connectivity index (χ1) is 14.3. The molecule has 2 aliphatic rings. The predicted octanol–water partition coefficient (Wildman–Crippen LogP) is 5.26. The smallest absolute Gasteiger partial charge is 0.273 e. The highest BCUT2D eigenvalue weighted by Crippen LogP contribution is 2.29. The first-order valence-corrected chi connectivity index (χ1v) is 11.6. The van der Waals surface area contributed by atoms with E-state index in [9.17, 15) is 4.79 Å². The van der Waals surface area contributed by atoms with Crippen molar-refractivity contribution >= 4 is 11.0 Å². The highest BCUT2D eigenvalue weighted by Gasteiger charge is 2.28. The maximum absolute atomic E-state index is 13.3. The number of piperidine rings is 1. The maximum Gasteiger partial charge on any atom is 0.273 e. The molecular weight excluding hydrogens is 358 g/mol. The Hall–Kier alpha value is -1.94. The summed E-state index contributed by atoms with van der Waals surface area (Å²) in [7, 11) is 0. The molecule has 1 saturated heterocycles. The van der Waals surface area contributed by atoms with Crippen LogP contribution in [0.3, 0.4) is 0 Å². The average Bonchev–Trinajstić information content (AvgIpc) is 2.72. The number of aromatic nitrogens is 2. The van der Waals surface area contributed by atoms with E-state index < -0.39 is 0 Å². The topological polar surface area (TPSA) is 38.1 Å². The van der Waals surface area contributed by atoms with Crippen molar-refractivity contribution in [3.8, 4) is 0 Å². The molecule has 1 saturated carbocycles. The molecule has 0 N–H and O–H groups in total. The molecule has 0 bridgehead atoms. The van der Waals surface area contributed by atoms with Crippen LogP contribution in [0.4, 0.5) is 0 Å². The number of rotatable bonds is 5. The Morgan fingerprint density at radius 2 is 1.66 bits per heavy atom. The normalized spacial score (nSPS) is 20.4. The second-order valence-corrected chi connectivity index (χ2v) is 8.82. The van der Waals surface area contributed by atoms with Crippen molar-refractivity contribution in [3.63, 3.8) is 0 Å². The van der Waals surface area contributed by atoms with Crippen LogP contribution in [-0.4, -0.2) is 33.6 Å². The van der Waals surface area contributed by atoms with Crippen molar-refractivity contribution in [3.05, 3.63) is 53.0 Å². The number of para-hydroxylation sites is 2. The molecule has 0 amide bonds. The van der Waals surface area contributed by atoms with Crippen LogP contribution in [0.5, 0.6) is 0 Å². The van der Waals surface area contributed by atoms with Crippen molar-refractivity contribution in [1.29, 1.82) is 0 Å². The minimum atomic E-state index is 0.106. The fraction of sp³-hybridized carbons (Fsp3) is 0.600. The van der Waals surface area contributed by atoms with Gasteiger partial charge < -0.3 is 9.47 Å². The molecule has 2 heterocycles. The molecule has 0 atom stereocenters. The zero-order valence-corrected chi connectivity index (χ0v) is 17.7. The lowest BCUT2D eigenvalue weighted by molar-refractivity contribution is 0.116. The number of likely N-dealkylation sites (tertiary alicyclic amines) is 1. The van der Waals surface area contributed by atoms with Crippen molar-refractivity contribution in [1.82, 2.24) is 14.5 Å². The van der Waals surface area contributed by atoms with Gasteiger partial charge in [0.25, 0.3) is 5.56 Å². The van der Waals surface area contributed by atoms with Gasteiger partial charge in [0, 0.05) is 25.2 Å². The molecule has 4 heteroatoms. The average molecular weight is 394 g/mol. The maximum atomic E-state index is 13.3. The molecule has 1 aromatic heterocycles. The molecule has 29 heavy (non-hydrogen) atoms. The fourth-order valence-corrected chi connectivity index (χ4v) is 5.28. The van der Waals surface area contributed by atoms with Gasteiger partial charge in [-0.25, -0.2) is 4.98 Å². The Bertz CT molecular complexity index is 871. The van der Waals surface area contributed by atoms with E-state index in [1.165, 1.54) is 44.9 Å². The standard InChI is InChI=1S/C25H35N3O/c1-2-3-13-23-25(29)28(24-15-10-9-14-22(24)26-23)21-16-18-27(19-17-21)20-11-7-5-4-6-8-12-20/h2,9-10,14-15,20-21H,1,3-8,11-13,16-19H2. The Morgan fingerprint density at radius 1 is 0.966 bits per heavy atom. The molecule has 1 aromatic carbocycles. The molecular formula is C25H35N3O. The van der Waals surface area contributed by atoms with E-state index in [4.69, 9.17) is 0 Å². The third kappa shape index (κ3) is 4.63. The van der Waals surface area contributed by atoms with E-state index in [2.05, 4.69) is 27.1 Å². The quantitative estimate of drug-likeness (QED) is 0.650. The first-order valence-electron chi connectivity index (χ1n) is 11.6. The van der Waals surface area contributed by atoms with Crippen molar-refractivity contribution in [2.75, 3.05) is 13.1 Å². The molecule has 156 valence electrons. The molecule has 0 unspecified atom stereocenters. The largest absolute Gasteiger partial charge is 0.302 e. The van der Waals surface area contributed by atoms with E-state index in [0.717, 1.165) is 49.4 Å². The number of benzene rings is 1. The van der Waals surface area contributed by atoms with Crippen molar-refractivity contribution in [2.45, 2.75) is 82.7 Å². The molecule has 2 aromatic rings. The van der Waals surface area contributed by atoms with Crippen LogP contribution in [0.1, 0.15) is 75.9 Å². The van der Waals surface area contributed by atoms with Gasteiger partial charge in [-0.15, -0.1) is 6.58 Å². The van der Waals surface area contributed by atoms with Crippen LogP contribution >= 0.6 is 0 Å². The van der Waals surface area contributed by atoms with E-state index >= 15 is 0 Å². The van der Waals surface area contributed by atoms with Crippen LogP contribution in [-0.2, 0) is 6.42 Å². The van der Waals surface area contributed by atoms with Crippen LogP contribution in [0.25, 0.3) is 11.0 Å². The summed E-state index contributed by atoms with van der Waals surface area (Å²) in [6.45, 7) is 6.03. The molecule has 4 rings (SSSR count). The number of hydrogen-bond acceptors (Lipinski definition) is 3. The predicted molar refractivity (Wildman–Crippen MR) is 120 cm³/mol. The molecule has 0 radical (unpaired) electrons. The summed E-state index contributed by atoms with van der Waals surface area (Å²) in [4.78, 5) is 20.7. The zero-order valence-electron chi connectivity index (χ0n) is 17.7. The highest BCUT2D eigenvalue weighted by molar-refractivity contribution is 5.74. The second-order valence-electron chi connectivity index (χ2n) is 8.82. The van der Waals surface area contributed by atoms with Crippen LogP contribution in [0.15, 0.2) is 41.7 Å². The summed E-state index contributed by atoms with van der Waals surface area (Å²) in [6, 6.07) is 9.16. The fourth-order valence-electron chi connectivity index (χ4n) is 5.28. The molecule has 4 nitrogen and oxygen atoms in total. The molecule has 1 aliphatic heterocycles. The van der Waals surface area contributed by atoms with Gasteiger partial charge >= 0.3 is 0 Å². The Balaban J connectivity index is 1.55. The van der Waals surface area contributed by atoms with Gasteiger partial charge in [-0.05, 0) is 50.7 Å². The van der Waals surface area contributed by atoms with E-state index in [1.54, 1.807) is 0 Å². The minimum absolute atomic E-state index is 0.106. The number of nitrogens with zero attached hydrogens (tertiary/aromatic N) is 3. The van der Waals surface area contributed by atoms with E-state index in [0.29, 0.717) is 12.1 Å².